The molecule has 2 aliphatic heterocycles. The van der Waals surface area contributed by atoms with Gasteiger partial charge in [0.2, 0.25) is 5.89 Å². The summed E-state index contributed by atoms with van der Waals surface area (Å²) in [5.74, 6) is 1.09. The van der Waals surface area contributed by atoms with Crippen molar-refractivity contribution in [2.45, 2.75) is 43.4 Å². The normalized spacial score (nSPS) is 17.9. The lowest BCUT2D eigenvalue weighted by Gasteiger charge is -2.37. The largest absolute Gasteiger partial charge is 0.447 e. The van der Waals surface area contributed by atoms with Gasteiger partial charge in [-0.25, -0.2) is 4.98 Å². The van der Waals surface area contributed by atoms with E-state index in [9.17, 15) is 4.79 Å². The van der Waals surface area contributed by atoms with Crippen LogP contribution in [0.25, 0.3) is 5.69 Å². The summed E-state index contributed by atoms with van der Waals surface area (Å²) in [6.45, 7) is 6.37. The van der Waals surface area contributed by atoms with Crippen LogP contribution in [0.3, 0.4) is 0 Å². The Bertz CT molecular complexity index is 1110. The van der Waals surface area contributed by atoms with Gasteiger partial charge in [0.1, 0.15) is 12.1 Å². The fraction of sp³-hybridized carbons (Fsp3) is 0.455. The predicted molar refractivity (Wildman–Crippen MR) is 117 cm³/mol. The molecule has 1 aromatic carbocycles. The second kappa shape index (κ2) is 8.68. The molecule has 168 valence electrons. The molecule has 0 radical (unpaired) electrons. The third-order valence-corrected chi connectivity index (χ3v) is 6.69. The minimum absolute atomic E-state index is 0.128. The summed E-state index contributed by atoms with van der Waals surface area (Å²) in [6.07, 6.45) is 2.78. The highest BCUT2D eigenvalue weighted by Crippen LogP contribution is 2.32. The van der Waals surface area contributed by atoms with Gasteiger partial charge in [0, 0.05) is 31.6 Å². The number of carbonyl (C=O) groups excluding carboxylic acids is 1. The molecular formula is C22H25N5O4S. The number of hydrogen-bond acceptors (Lipinski definition) is 8. The number of amides is 1. The highest BCUT2D eigenvalue weighted by Gasteiger charge is 2.41. The van der Waals surface area contributed by atoms with Crippen LogP contribution in [0.4, 0.5) is 0 Å². The summed E-state index contributed by atoms with van der Waals surface area (Å²) >= 11 is 1.47. The van der Waals surface area contributed by atoms with Crippen LogP contribution in [-0.4, -0.2) is 62.6 Å². The number of aromatic nitrogens is 4. The fourth-order valence-electron chi connectivity index (χ4n) is 4.10. The first kappa shape index (κ1) is 21.2. The van der Waals surface area contributed by atoms with Crippen molar-refractivity contribution in [1.82, 2.24) is 24.6 Å². The predicted octanol–water partition coefficient (Wildman–Crippen LogP) is 3.14. The molecule has 5 rings (SSSR count). The molecule has 10 heteroatoms. The second-order valence-corrected chi connectivity index (χ2v) is 8.96. The van der Waals surface area contributed by atoms with Gasteiger partial charge in [-0.3, -0.25) is 9.36 Å². The molecule has 2 saturated heterocycles. The van der Waals surface area contributed by atoms with Gasteiger partial charge in [0.15, 0.2) is 16.6 Å². The number of piperidine rings is 1. The monoisotopic (exact) mass is 455 g/mol. The van der Waals surface area contributed by atoms with Crippen LogP contribution >= 0.6 is 11.8 Å². The molecule has 2 aliphatic rings. The fourth-order valence-corrected chi connectivity index (χ4v) is 4.95. The van der Waals surface area contributed by atoms with E-state index < -0.39 is 5.79 Å². The van der Waals surface area contributed by atoms with E-state index >= 15 is 0 Å². The first-order valence-corrected chi connectivity index (χ1v) is 11.6. The van der Waals surface area contributed by atoms with Gasteiger partial charge in [-0.2, -0.15) is 0 Å². The standard InChI is InChI=1S/C22H25N5O4S/c1-15-4-3-5-17(12-15)27-16(2)24-25-21(27)32-14-19-23-18(13-29-19)20(28)26-8-6-22(7-9-26)30-10-11-31-22/h3-5,12-13H,6-11,14H2,1-2H3. The van der Waals surface area contributed by atoms with E-state index in [0.717, 1.165) is 22.2 Å². The molecule has 0 unspecified atom stereocenters. The SMILES string of the molecule is Cc1cccc(-n2c(C)nnc2SCc2nc(C(=O)N3CCC4(CC3)OCCO4)co2)c1. The summed E-state index contributed by atoms with van der Waals surface area (Å²) in [5, 5.41) is 9.26. The summed E-state index contributed by atoms with van der Waals surface area (Å²) in [7, 11) is 0. The van der Waals surface area contributed by atoms with Gasteiger partial charge in [-0.05, 0) is 31.5 Å². The van der Waals surface area contributed by atoms with Crippen LogP contribution in [0, 0.1) is 13.8 Å². The summed E-state index contributed by atoms with van der Waals surface area (Å²) in [4.78, 5) is 19.0. The number of benzene rings is 1. The van der Waals surface area contributed by atoms with Crippen LogP contribution in [0.5, 0.6) is 0 Å². The average molecular weight is 456 g/mol. The Labute approximate surface area is 190 Å². The number of thioether (sulfide) groups is 1. The zero-order chi connectivity index (χ0) is 22.1. The number of oxazole rings is 1. The maximum Gasteiger partial charge on any atom is 0.275 e. The Morgan fingerprint density at radius 3 is 2.69 bits per heavy atom. The number of carbonyl (C=O) groups is 1. The van der Waals surface area contributed by atoms with E-state index in [0.29, 0.717) is 56.5 Å². The molecule has 32 heavy (non-hydrogen) atoms. The maximum absolute atomic E-state index is 12.9. The number of hydrogen-bond donors (Lipinski definition) is 0. The van der Waals surface area contributed by atoms with Gasteiger partial charge in [0.25, 0.3) is 5.91 Å². The Hall–Kier alpha value is -2.69. The molecule has 0 bridgehead atoms. The van der Waals surface area contributed by atoms with Gasteiger partial charge in [0.05, 0.1) is 19.0 Å². The van der Waals surface area contributed by atoms with E-state index in [1.807, 2.05) is 23.6 Å². The van der Waals surface area contributed by atoms with Crippen molar-refractivity contribution in [1.29, 1.82) is 0 Å². The van der Waals surface area contributed by atoms with Crippen molar-refractivity contribution in [3.8, 4) is 5.69 Å². The highest BCUT2D eigenvalue weighted by molar-refractivity contribution is 7.98. The number of likely N-dealkylation sites (tertiary alicyclic amines) is 1. The van der Waals surface area contributed by atoms with E-state index in [1.165, 1.54) is 18.0 Å². The van der Waals surface area contributed by atoms with Gasteiger partial charge >= 0.3 is 0 Å². The second-order valence-electron chi connectivity index (χ2n) is 8.02. The van der Waals surface area contributed by atoms with E-state index in [-0.39, 0.29) is 5.91 Å². The smallest absolute Gasteiger partial charge is 0.275 e. The molecule has 2 aromatic heterocycles. The van der Waals surface area contributed by atoms with Crippen LogP contribution in [0.1, 0.15) is 40.6 Å². The summed E-state index contributed by atoms with van der Waals surface area (Å²) in [6, 6.07) is 8.18. The number of ether oxygens (including phenoxy) is 2. The first-order valence-electron chi connectivity index (χ1n) is 10.7. The zero-order valence-electron chi connectivity index (χ0n) is 18.1. The minimum atomic E-state index is -0.506. The van der Waals surface area contributed by atoms with E-state index in [2.05, 4.69) is 34.2 Å². The number of nitrogens with zero attached hydrogens (tertiary/aromatic N) is 5. The summed E-state index contributed by atoms with van der Waals surface area (Å²) < 4.78 is 19.0. The lowest BCUT2D eigenvalue weighted by molar-refractivity contribution is -0.181. The van der Waals surface area contributed by atoms with Crippen molar-refractivity contribution in [2.24, 2.45) is 0 Å². The molecule has 0 N–H and O–H groups in total. The highest BCUT2D eigenvalue weighted by atomic mass is 32.2. The Kier molecular flexibility index (Phi) is 5.75. The van der Waals surface area contributed by atoms with Gasteiger partial charge < -0.3 is 18.8 Å². The number of rotatable bonds is 5. The Morgan fingerprint density at radius 2 is 1.94 bits per heavy atom. The van der Waals surface area contributed by atoms with Crippen LogP contribution in [0.2, 0.25) is 0 Å². The molecule has 0 atom stereocenters. The van der Waals surface area contributed by atoms with Crippen molar-refractivity contribution in [2.75, 3.05) is 26.3 Å². The first-order chi connectivity index (χ1) is 15.5. The molecule has 0 saturated carbocycles. The lowest BCUT2D eigenvalue weighted by atomic mass is 10.0. The lowest BCUT2D eigenvalue weighted by Crippen LogP contribution is -2.47. The zero-order valence-corrected chi connectivity index (χ0v) is 18.9. The molecule has 4 heterocycles. The van der Waals surface area contributed by atoms with Crippen LogP contribution in [0.15, 0.2) is 40.1 Å². The molecule has 2 fully saturated rings. The molecule has 1 spiro atoms. The molecule has 0 aliphatic carbocycles. The molecule has 1 amide bonds. The number of aryl methyl sites for hydroxylation is 2. The third-order valence-electron chi connectivity index (χ3n) is 5.78. The van der Waals surface area contributed by atoms with Crippen molar-refractivity contribution in [3.05, 3.63) is 53.5 Å². The molecule has 9 nitrogen and oxygen atoms in total. The van der Waals surface area contributed by atoms with Crippen molar-refractivity contribution >= 4 is 17.7 Å². The summed E-state index contributed by atoms with van der Waals surface area (Å²) in [5.41, 5.74) is 2.49. The molecular weight excluding hydrogens is 430 g/mol. The van der Waals surface area contributed by atoms with Crippen molar-refractivity contribution in [3.63, 3.8) is 0 Å². The van der Waals surface area contributed by atoms with E-state index in [4.69, 9.17) is 13.9 Å². The van der Waals surface area contributed by atoms with Crippen molar-refractivity contribution < 1.29 is 18.7 Å². The quantitative estimate of drug-likeness (QED) is 0.542. The van der Waals surface area contributed by atoms with Crippen LogP contribution < -0.4 is 0 Å². The molecule has 3 aromatic rings. The van der Waals surface area contributed by atoms with Gasteiger partial charge in [-0.15, -0.1) is 10.2 Å². The van der Waals surface area contributed by atoms with E-state index in [1.54, 1.807) is 4.90 Å². The Morgan fingerprint density at radius 1 is 1.16 bits per heavy atom. The topological polar surface area (TPSA) is 95.5 Å². The Balaban J connectivity index is 1.23. The average Bonchev–Trinajstić information content (AvgIpc) is 3.53. The minimum Gasteiger partial charge on any atom is -0.447 e. The third kappa shape index (κ3) is 4.17. The van der Waals surface area contributed by atoms with Crippen LogP contribution in [-0.2, 0) is 15.2 Å². The van der Waals surface area contributed by atoms with Gasteiger partial charge in [-0.1, -0.05) is 23.9 Å². The maximum atomic E-state index is 12.9.